The molecule has 7 nitrogen and oxygen atoms in total. The van der Waals surface area contributed by atoms with Crippen molar-refractivity contribution in [1.29, 1.82) is 0 Å². The second-order valence-electron chi connectivity index (χ2n) is 7.94. The Morgan fingerprint density at radius 1 is 1.08 bits per heavy atom. The van der Waals surface area contributed by atoms with Crippen molar-refractivity contribution in [3.63, 3.8) is 0 Å². The summed E-state index contributed by atoms with van der Waals surface area (Å²) in [5.41, 5.74) is 3.17. The van der Waals surface area contributed by atoms with Crippen LogP contribution in [0, 0.1) is 6.92 Å². The number of para-hydroxylation sites is 1. The van der Waals surface area contributed by atoms with Gasteiger partial charge in [-0.05, 0) is 75.6 Å². The van der Waals surface area contributed by atoms with Crippen LogP contribution < -0.4 is 14.8 Å². The second kappa shape index (κ2) is 11.5. The molecule has 4 rings (SSSR count). The highest BCUT2D eigenvalue weighted by molar-refractivity contribution is 9.10. The van der Waals surface area contributed by atoms with Crippen molar-refractivity contribution in [1.82, 2.24) is 4.90 Å². The lowest BCUT2D eigenvalue weighted by molar-refractivity contribution is -0.127. The Kier molecular flexibility index (Phi) is 8.12. The van der Waals surface area contributed by atoms with E-state index in [0.29, 0.717) is 33.8 Å². The summed E-state index contributed by atoms with van der Waals surface area (Å²) >= 11 is 4.30. The SMILES string of the molecule is COc1cc(/C=C2/SC(=O)N(CC(=O)Nc3ccccc3C)C2=O)cc(Br)c1OCc1ccccc1. The first kappa shape index (κ1) is 25.5. The summed E-state index contributed by atoms with van der Waals surface area (Å²) in [4.78, 5) is 39.0. The standard InChI is InChI=1S/C27H23BrN2O5S/c1-17-8-6-7-11-21(17)29-24(31)15-30-26(32)23(36-27(30)33)14-19-12-20(28)25(22(13-19)34-2)35-16-18-9-4-3-5-10-18/h3-14H,15-16H2,1-2H3,(H,29,31)/b23-14+. The van der Waals surface area contributed by atoms with Crippen molar-refractivity contribution >= 4 is 56.5 Å². The zero-order valence-electron chi connectivity index (χ0n) is 19.6. The van der Waals surface area contributed by atoms with Crippen LogP contribution in [0.1, 0.15) is 16.7 Å². The van der Waals surface area contributed by atoms with Gasteiger partial charge in [0.1, 0.15) is 13.2 Å². The van der Waals surface area contributed by atoms with Crippen molar-refractivity contribution in [2.75, 3.05) is 19.0 Å². The summed E-state index contributed by atoms with van der Waals surface area (Å²) in [6.07, 6.45) is 1.60. The largest absolute Gasteiger partial charge is 0.493 e. The van der Waals surface area contributed by atoms with Crippen molar-refractivity contribution in [2.24, 2.45) is 0 Å². The fourth-order valence-electron chi connectivity index (χ4n) is 3.53. The summed E-state index contributed by atoms with van der Waals surface area (Å²) in [7, 11) is 1.53. The lowest BCUT2D eigenvalue weighted by atomic mass is 10.1. The van der Waals surface area contributed by atoms with Gasteiger partial charge in [-0.3, -0.25) is 19.3 Å². The second-order valence-corrected chi connectivity index (χ2v) is 9.79. The average Bonchev–Trinajstić information content (AvgIpc) is 3.12. The Labute approximate surface area is 221 Å². The highest BCUT2D eigenvalue weighted by atomic mass is 79.9. The van der Waals surface area contributed by atoms with Gasteiger partial charge in [-0.25, -0.2) is 0 Å². The number of thioether (sulfide) groups is 1. The van der Waals surface area contributed by atoms with Gasteiger partial charge in [-0.2, -0.15) is 0 Å². The quantitative estimate of drug-likeness (QED) is 0.335. The molecule has 9 heteroatoms. The third-order valence-electron chi connectivity index (χ3n) is 5.37. The number of rotatable bonds is 8. The Balaban J connectivity index is 1.47. The average molecular weight is 567 g/mol. The summed E-state index contributed by atoms with van der Waals surface area (Å²) in [6, 6.07) is 20.5. The van der Waals surface area contributed by atoms with Crippen molar-refractivity contribution in [2.45, 2.75) is 13.5 Å². The van der Waals surface area contributed by atoms with Crippen LogP contribution in [-0.4, -0.2) is 35.6 Å². The highest BCUT2D eigenvalue weighted by Crippen LogP contribution is 2.39. The molecule has 0 bridgehead atoms. The molecule has 184 valence electrons. The molecule has 0 atom stereocenters. The van der Waals surface area contributed by atoms with Crippen LogP contribution in [-0.2, 0) is 16.2 Å². The number of hydrogen-bond acceptors (Lipinski definition) is 6. The molecule has 0 unspecified atom stereocenters. The first-order valence-corrected chi connectivity index (χ1v) is 12.6. The number of halogens is 1. The monoisotopic (exact) mass is 566 g/mol. The van der Waals surface area contributed by atoms with E-state index in [1.54, 1.807) is 30.3 Å². The van der Waals surface area contributed by atoms with Gasteiger partial charge in [0, 0.05) is 5.69 Å². The van der Waals surface area contributed by atoms with Crippen molar-refractivity contribution < 1.29 is 23.9 Å². The Morgan fingerprint density at radius 2 is 1.81 bits per heavy atom. The van der Waals surface area contributed by atoms with Gasteiger partial charge in [0.15, 0.2) is 11.5 Å². The minimum absolute atomic E-state index is 0.218. The molecule has 3 aromatic rings. The van der Waals surface area contributed by atoms with E-state index in [0.717, 1.165) is 27.8 Å². The number of anilines is 1. The molecular formula is C27H23BrN2O5S. The number of aryl methyl sites for hydroxylation is 1. The first-order chi connectivity index (χ1) is 17.4. The number of imide groups is 1. The number of ether oxygens (including phenoxy) is 2. The number of hydrogen-bond donors (Lipinski definition) is 1. The smallest absolute Gasteiger partial charge is 0.294 e. The molecule has 0 aliphatic carbocycles. The Morgan fingerprint density at radius 3 is 2.53 bits per heavy atom. The summed E-state index contributed by atoms with van der Waals surface area (Å²) < 4.78 is 12.1. The number of amides is 3. The topological polar surface area (TPSA) is 84.9 Å². The van der Waals surface area contributed by atoms with Crippen LogP contribution in [0.15, 0.2) is 76.1 Å². The van der Waals surface area contributed by atoms with Crippen LogP contribution in [0.3, 0.4) is 0 Å². The van der Waals surface area contributed by atoms with E-state index < -0.39 is 17.1 Å². The number of carbonyl (C=O) groups excluding carboxylic acids is 3. The maximum Gasteiger partial charge on any atom is 0.294 e. The van der Waals surface area contributed by atoms with E-state index in [1.165, 1.54) is 7.11 Å². The summed E-state index contributed by atoms with van der Waals surface area (Å²) in [6.45, 7) is 1.86. The van der Waals surface area contributed by atoms with E-state index in [-0.39, 0.29) is 11.4 Å². The minimum atomic E-state index is -0.524. The number of nitrogens with zero attached hydrogens (tertiary/aromatic N) is 1. The lowest BCUT2D eigenvalue weighted by Gasteiger charge is -2.14. The number of benzene rings is 3. The first-order valence-electron chi connectivity index (χ1n) is 11.0. The van der Waals surface area contributed by atoms with Gasteiger partial charge in [0.2, 0.25) is 5.91 Å². The van der Waals surface area contributed by atoms with Crippen LogP contribution in [0.2, 0.25) is 0 Å². The van der Waals surface area contributed by atoms with Gasteiger partial charge >= 0.3 is 0 Å². The van der Waals surface area contributed by atoms with Crippen molar-refractivity contribution in [3.05, 3.63) is 92.8 Å². The molecule has 36 heavy (non-hydrogen) atoms. The lowest BCUT2D eigenvalue weighted by Crippen LogP contribution is -2.36. The minimum Gasteiger partial charge on any atom is -0.493 e. The maximum atomic E-state index is 12.9. The van der Waals surface area contributed by atoms with Gasteiger partial charge in [0.25, 0.3) is 11.1 Å². The third-order valence-corrected chi connectivity index (χ3v) is 6.87. The number of carbonyl (C=O) groups is 3. The molecule has 1 fully saturated rings. The van der Waals surface area contributed by atoms with E-state index in [1.807, 2.05) is 49.4 Å². The molecule has 0 aromatic heterocycles. The van der Waals surface area contributed by atoms with Crippen LogP contribution >= 0.6 is 27.7 Å². The van der Waals surface area contributed by atoms with Crippen molar-refractivity contribution in [3.8, 4) is 11.5 Å². The third kappa shape index (κ3) is 5.98. The van der Waals surface area contributed by atoms with Gasteiger partial charge < -0.3 is 14.8 Å². The fraction of sp³-hybridized carbons (Fsp3) is 0.148. The van der Waals surface area contributed by atoms with E-state index in [2.05, 4.69) is 21.2 Å². The highest BCUT2D eigenvalue weighted by Gasteiger charge is 2.36. The molecule has 1 saturated heterocycles. The molecule has 1 N–H and O–H groups in total. The molecule has 0 spiro atoms. The van der Waals surface area contributed by atoms with Crippen LogP contribution in [0.25, 0.3) is 6.08 Å². The number of nitrogens with one attached hydrogen (secondary N) is 1. The normalized spacial score (nSPS) is 14.3. The Bertz CT molecular complexity index is 1340. The molecule has 0 radical (unpaired) electrons. The zero-order chi connectivity index (χ0) is 25.7. The van der Waals surface area contributed by atoms with Gasteiger partial charge in [-0.15, -0.1) is 0 Å². The maximum absolute atomic E-state index is 12.9. The fourth-order valence-corrected chi connectivity index (χ4v) is 4.94. The molecule has 0 saturated carbocycles. The van der Waals surface area contributed by atoms with E-state index in [9.17, 15) is 14.4 Å². The molecule has 3 aromatic carbocycles. The number of methoxy groups -OCH3 is 1. The molecule has 1 heterocycles. The summed E-state index contributed by atoms with van der Waals surface area (Å²) in [5, 5.41) is 2.24. The molecule has 3 amide bonds. The van der Waals surface area contributed by atoms with Gasteiger partial charge in [-0.1, -0.05) is 48.5 Å². The van der Waals surface area contributed by atoms with Crippen LogP contribution in [0.5, 0.6) is 11.5 Å². The molecule has 1 aliphatic rings. The van der Waals surface area contributed by atoms with Crippen LogP contribution in [0.4, 0.5) is 10.5 Å². The molecular weight excluding hydrogens is 544 g/mol. The van der Waals surface area contributed by atoms with Gasteiger partial charge in [0.05, 0.1) is 16.5 Å². The predicted molar refractivity (Wildman–Crippen MR) is 144 cm³/mol. The van der Waals surface area contributed by atoms with E-state index >= 15 is 0 Å². The summed E-state index contributed by atoms with van der Waals surface area (Å²) in [5.74, 6) is 0.0319. The Hall–Kier alpha value is -3.56. The molecule has 1 aliphatic heterocycles. The zero-order valence-corrected chi connectivity index (χ0v) is 22.0. The van der Waals surface area contributed by atoms with E-state index in [4.69, 9.17) is 9.47 Å². The predicted octanol–water partition coefficient (Wildman–Crippen LogP) is 6.02.